The fraction of sp³-hybridized carbons (Fsp3) is 0.238. The molecule has 0 spiro atoms. The van der Waals surface area contributed by atoms with E-state index in [4.69, 9.17) is 4.74 Å². The monoisotopic (exact) mass is 365 g/mol. The Kier molecular flexibility index (Phi) is 5.16. The number of ether oxygens (including phenoxy) is 1. The van der Waals surface area contributed by atoms with Crippen LogP contribution in [0.3, 0.4) is 0 Å². The fourth-order valence-corrected chi connectivity index (χ4v) is 3.24. The maximum Gasteiger partial charge on any atom is 0.319 e. The first-order valence-corrected chi connectivity index (χ1v) is 8.67. The van der Waals surface area contributed by atoms with Gasteiger partial charge < -0.3 is 20.7 Å². The van der Waals surface area contributed by atoms with Crippen molar-refractivity contribution in [3.63, 3.8) is 0 Å². The summed E-state index contributed by atoms with van der Waals surface area (Å²) in [5, 5.41) is 8.39. The summed E-state index contributed by atoms with van der Waals surface area (Å²) in [6.07, 6.45) is 0. The molecule has 3 rings (SSSR count). The maximum atomic E-state index is 13.0. The van der Waals surface area contributed by atoms with Gasteiger partial charge >= 0.3 is 6.03 Å². The highest BCUT2D eigenvalue weighted by atomic mass is 16.5. The molecule has 0 aliphatic carbocycles. The van der Waals surface area contributed by atoms with Gasteiger partial charge in [0.1, 0.15) is 11.7 Å². The second kappa shape index (κ2) is 7.53. The lowest BCUT2D eigenvalue weighted by molar-refractivity contribution is -0.119. The van der Waals surface area contributed by atoms with Gasteiger partial charge in [-0.3, -0.25) is 4.79 Å². The van der Waals surface area contributed by atoms with Crippen LogP contribution in [0.4, 0.5) is 10.5 Å². The molecule has 0 radical (unpaired) electrons. The maximum absolute atomic E-state index is 13.0. The third kappa shape index (κ3) is 3.95. The highest BCUT2D eigenvalue weighted by Crippen LogP contribution is 2.32. The Morgan fingerprint density at radius 1 is 1.15 bits per heavy atom. The van der Waals surface area contributed by atoms with Gasteiger partial charge in [0.15, 0.2) is 0 Å². The second-order valence-corrected chi connectivity index (χ2v) is 6.66. The lowest BCUT2D eigenvalue weighted by Crippen LogP contribution is -2.52. The molecule has 140 valence electrons. The molecule has 2 atom stereocenters. The summed E-state index contributed by atoms with van der Waals surface area (Å²) in [4.78, 5) is 25.0. The SMILES string of the molecule is C=C1NC(=O)N[C@H](c2cc(C)ccc2C)[C@H]1C(=O)Nc1ccc(OC)cc1. The Morgan fingerprint density at radius 3 is 2.52 bits per heavy atom. The summed E-state index contributed by atoms with van der Waals surface area (Å²) >= 11 is 0. The molecular weight excluding hydrogens is 342 g/mol. The van der Waals surface area contributed by atoms with Crippen LogP contribution >= 0.6 is 0 Å². The van der Waals surface area contributed by atoms with Crippen LogP contribution < -0.4 is 20.7 Å². The summed E-state index contributed by atoms with van der Waals surface area (Å²) in [5.41, 5.74) is 3.98. The Bertz CT molecular complexity index is 890. The highest BCUT2D eigenvalue weighted by molar-refractivity contribution is 5.97. The summed E-state index contributed by atoms with van der Waals surface area (Å²) in [5.74, 6) is -0.189. The lowest BCUT2D eigenvalue weighted by Gasteiger charge is -2.34. The Hall–Kier alpha value is -3.28. The van der Waals surface area contributed by atoms with E-state index in [0.29, 0.717) is 17.1 Å². The van der Waals surface area contributed by atoms with Crippen LogP contribution in [0, 0.1) is 19.8 Å². The van der Waals surface area contributed by atoms with Crippen LogP contribution in [0.25, 0.3) is 0 Å². The molecule has 3 amide bonds. The number of hydrogen-bond acceptors (Lipinski definition) is 3. The minimum absolute atomic E-state index is 0.247. The molecule has 2 aromatic carbocycles. The molecular formula is C21H23N3O3. The van der Waals surface area contributed by atoms with Crippen molar-refractivity contribution < 1.29 is 14.3 Å². The number of hydrogen-bond donors (Lipinski definition) is 3. The number of aryl methyl sites for hydroxylation is 2. The van der Waals surface area contributed by atoms with Gasteiger partial charge in [0, 0.05) is 11.4 Å². The van der Waals surface area contributed by atoms with E-state index in [-0.39, 0.29) is 11.9 Å². The van der Waals surface area contributed by atoms with E-state index >= 15 is 0 Å². The normalized spacial score (nSPS) is 19.1. The molecule has 1 aliphatic rings. The van der Waals surface area contributed by atoms with Crippen molar-refractivity contribution in [1.29, 1.82) is 0 Å². The molecule has 1 saturated heterocycles. The van der Waals surface area contributed by atoms with Gasteiger partial charge in [0.2, 0.25) is 5.91 Å². The van der Waals surface area contributed by atoms with Crippen molar-refractivity contribution in [2.45, 2.75) is 19.9 Å². The van der Waals surface area contributed by atoms with Gasteiger partial charge in [-0.2, -0.15) is 0 Å². The predicted molar refractivity (Wildman–Crippen MR) is 105 cm³/mol. The highest BCUT2D eigenvalue weighted by Gasteiger charge is 2.38. The van der Waals surface area contributed by atoms with Crippen LogP contribution in [-0.2, 0) is 4.79 Å². The van der Waals surface area contributed by atoms with Crippen LogP contribution in [0.1, 0.15) is 22.7 Å². The molecule has 27 heavy (non-hydrogen) atoms. The fourth-order valence-electron chi connectivity index (χ4n) is 3.24. The number of carbonyl (C=O) groups is 2. The van der Waals surface area contributed by atoms with Gasteiger partial charge in [-0.05, 0) is 49.2 Å². The number of nitrogens with one attached hydrogen (secondary N) is 3. The van der Waals surface area contributed by atoms with E-state index in [9.17, 15) is 9.59 Å². The van der Waals surface area contributed by atoms with E-state index in [1.54, 1.807) is 31.4 Å². The van der Waals surface area contributed by atoms with Crippen molar-refractivity contribution in [2.24, 2.45) is 5.92 Å². The van der Waals surface area contributed by atoms with Crippen LogP contribution in [-0.4, -0.2) is 19.0 Å². The lowest BCUT2D eigenvalue weighted by atomic mass is 9.85. The van der Waals surface area contributed by atoms with Crippen molar-refractivity contribution in [1.82, 2.24) is 10.6 Å². The van der Waals surface area contributed by atoms with Gasteiger partial charge in [0.05, 0.1) is 13.2 Å². The number of carbonyl (C=O) groups excluding carboxylic acids is 2. The zero-order valence-electron chi connectivity index (χ0n) is 15.6. The molecule has 0 bridgehead atoms. The quantitative estimate of drug-likeness (QED) is 0.777. The third-order valence-corrected chi connectivity index (χ3v) is 4.68. The zero-order chi connectivity index (χ0) is 19.6. The number of rotatable bonds is 4. The van der Waals surface area contributed by atoms with Gasteiger partial charge in [-0.15, -0.1) is 0 Å². The Morgan fingerprint density at radius 2 is 1.85 bits per heavy atom. The largest absolute Gasteiger partial charge is 0.497 e. The first kappa shape index (κ1) is 18.5. The van der Waals surface area contributed by atoms with Crippen molar-refractivity contribution in [3.05, 3.63) is 71.4 Å². The molecule has 0 aromatic heterocycles. The average Bonchev–Trinajstić information content (AvgIpc) is 2.63. The zero-order valence-corrected chi connectivity index (χ0v) is 15.6. The van der Waals surface area contributed by atoms with Crippen molar-refractivity contribution in [3.8, 4) is 5.75 Å². The Balaban J connectivity index is 1.91. The molecule has 2 aromatic rings. The van der Waals surface area contributed by atoms with E-state index in [0.717, 1.165) is 16.7 Å². The summed E-state index contributed by atoms with van der Waals surface area (Å²) < 4.78 is 5.13. The van der Waals surface area contributed by atoms with Crippen LogP contribution in [0.2, 0.25) is 0 Å². The summed E-state index contributed by atoms with van der Waals surface area (Å²) in [7, 11) is 1.59. The van der Waals surface area contributed by atoms with Crippen molar-refractivity contribution in [2.75, 3.05) is 12.4 Å². The molecule has 3 N–H and O–H groups in total. The predicted octanol–water partition coefficient (Wildman–Crippen LogP) is 3.43. The number of urea groups is 1. The topological polar surface area (TPSA) is 79.5 Å². The number of anilines is 1. The average molecular weight is 365 g/mol. The molecule has 1 heterocycles. The number of methoxy groups -OCH3 is 1. The van der Waals surface area contributed by atoms with E-state index < -0.39 is 12.0 Å². The Labute approximate surface area is 158 Å². The molecule has 1 aliphatic heterocycles. The summed E-state index contributed by atoms with van der Waals surface area (Å²) in [6, 6.07) is 12.2. The van der Waals surface area contributed by atoms with Crippen LogP contribution in [0.15, 0.2) is 54.7 Å². The molecule has 0 saturated carbocycles. The van der Waals surface area contributed by atoms with Crippen molar-refractivity contribution >= 4 is 17.6 Å². The standard InChI is InChI=1S/C21H23N3O3/c1-12-5-6-13(2)17(11-12)19-18(14(3)22-21(26)24-19)20(25)23-15-7-9-16(27-4)10-8-15/h5-11,18-19H,3H2,1-2,4H3,(H,23,25)(H2,22,24,26)/t18-,19+/m0/s1. The molecule has 1 fully saturated rings. The van der Waals surface area contributed by atoms with Gasteiger partial charge in [0.25, 0.3) is 0 Å². The first-order valence-electron chi connectivity index (χ1n) is 8.67. The summed E-state index contributed by atoms with van der Waals surface area (Å²) in [6.45, 7) is 7.85. The minimum atomic E-state index is -0.648. The minimum Gasteiger partial charge on any atom is -0.497 e. The molecule has 0 unspecified atom stereocenters. The molecule has 6 heteroatoms. The second-order valence-electron chi connectivity index (χ2n) is 6.66. The van der Waals surface area contributed by atoms with Crippen LogP contribution in [0.5, 0.6) is 5.75 Å². The first-order chi connectivity index (χ1) is 12.9. The molecule has 6 nitrogen and oxygen atoms in total. The number of amides is 3. The van der Waals surface area contributed by atoms with Gasteiger partial charge in [-0.25, -0.2) is 4.79 Å². The smallest absolute Gasteiger partial charge is 0.319 e. The van der Waals surface area contributed by atoms with Gasteiger partial charge in [-0.1, -0.05) is 30.3 Å². The van der Waals surface area contributed by atoms with E-state index in [1.807, 2.05) is 32.0 Å². The third-order valence-electron chi connectivity index (χ3n) is 4.68. The van der Waals surface area contributed by atoms with E-state index in [1.165, 1.54) is 0 Å². The number of benzene rings is 2. The van der Waals surface area contributed by atoms with E-state index in [2.05, 4.69) is 22.5 Å².